The second-order valence-electron chi connectivity index (χ2n) is 6.88. The summed E-state index contributed by atoms with van der Waals surface area (Å²) in [7, 11) is 1.70. The first-order valence-corrected chi connectivity index (χ1v) is 10.3. The van der Waals surface area contributed by atoms with Crippen LogP contribution in [-0.4, -0.2) is 44.3 Å². The highest BCUT2D eigenvalue weighted by Gasteiger charge is 2.34. The normalized spacial score (nSPS) is 17.3. The Hall–Kier alpha value is -1.35. The molecule has 2 N–H and O–H groups in total. The molecule has 2 rings (SSSR count). The van der Waals surface area contributed by atoms with Crippen molar-refractivity contribution >= 4 is 17.3 Å². The van der Waals surface area contributed by atoms with Crippen molar-refractivity contribution in [1.29, 1.82) is 0 Å². The minimum Gasteiger partial charge on any atom is -0.382 e. The highest BCUT2D eigenvalue weighted by Crippen LogP contribution is 2.40. The average Bonchev–Trinajstić information content (AvgIpc) is 3.28. The van der Waals surface area contributed by atoms with Gasteiger partial charge in [0.05, 0.1) is 5.01 Å². The number of hydrogen-bond donors (Lipinski definition) is 2. The lowest BCUT2D eigenvalue weighted by atomic mass is 9.83. The van der Waals surface area contributed by atoms with E-state index in [1.165, 1.54) is 25.7 Å². The summed E-state index contributed by atoms with van der Waals surface area (Å²) in [4.78, 5) is 7.86. The Labute approximate surface area is 162 Å². The fraction of sp³-hybridized carbons (Fsp3) is 0.778. The molecule has 1 aliphatic rings. The standard InChI is InChI=1S/C18H29F3N4OS/c1-3-26-11-9-17(7-4-5-8-17)13-24-16(22-2)23-10-6-15-25-14(12-27-15)18(19,20)21/h12H,3-11,13H2,1-2H3,(H2,22,23,24). The predicted molar refractivity (Wildman–Crippen MR) is 102 cm³/mol. The van der Waals surface area contributed by atoms with E-state index in [2.05, 4.69) is 20.6 Å². The molecule has 154 valence electrons. The summed E-state index contributed by atoms with van der Waals surface area (Å²) >= 11 is 1.03. The fourth-order valence-corrected chi connectivity index (χ4v) is 4.21. The topological polar surface area (TPSA) is 58.5 Å². The van der Waals surface area contributed by atoms with Crippen molar-refractivity contribution < 1.29 is 17.9 Å². The summed E-state index contributed by atoms with van der Waals surface area (Å²) in [6.45, 7) is 4.83. The van der Waals surface area contributed by atoms with Crippen LogP contribution in [0.1, 0.15) is 49.7 Å². The van der Waals surface area contributed by atoms with E-state index in [0.29, 0.717) is 23.9 Å². The summed E-state index contributed by atoms with van der Waals surface area (Å²) in [5.41, 5.74) is -0.577. The van der Waals surface area contributed by atoms with Crippen molar-refractivity contribution in [3.8, 4) is 0 Å². The highest BCUT2D eigenvalue weighted by atomic mass is 32.1. The first-order valence-electron chi connectivity index (χ1n) is 9.42. The Balaban J connectivity index is 1.77. The second kappa shape index (κ2) is 10.3. The second-order valence-corrected chi connectivity index (χ2v) is 7.82. The van der Waals surface area contributed by atoms with Gasteiger partial charge in [0.15, 0.2) is 11.7 Å². The maximum Gasteiger partial charge on any atom is 0.434 e. The lowest BCUT2D eigenvalue weighted by Gasteiger charge is -2.30. The van der Waals surface area contributed by atoms with Crippen molar-refractivity contribution in [2.24, 2.45) is 10.4 Å². The Kier molecular flexibility index (Phi) is 8.34. The number of halogens is 3. The maximum absolute atomic E-state index is 12.6. The number of aliphatic imine (C=N–C) groups is 1. The lowest BCUT2D eigenvalue weighted by Crippen LogP contribution is -2.44. The van der Waals surface area contributed by atoms with Crippen LogP contribution in [0, 0.1) is 5.41 Å². The molecule has 5 nitrogen and oxygen atoms in total. The fourth-order valence-electron chi connectivity index (χ4n) is 3.41. The molecule has 9 heteroatoms. The number of aromatic nitrogens is 1. The van der Waals surface area contributed by atoms with E-state index in [1.807, 2.05) is 6.92 Å². The van der Waals surface area contributed by atoms with E-state index < -0.39 is 11.9 Å². The zero-order valence-electron chi connectivity index (χ0n) is 16.0. The average molecular weight is 407 g/mol. The van der Waals surface area contributed by atoms with Crippen LogP contribution >= 0.6 is 11.3 Å². The van der Waals surface area contributed by atoms with Gasteiger partial charge >= 0.3 is 6.18 Å². The molecule has 0 saturated heterocycles. The largest absolute Gasteiger partial charge is 0.434 e. The zero-order chi connectivity index (χ0) is 19.8. The van der Waals surface area contributed by atoms with Gasteiger partial charge in [0.1, 0.15) is 0 Å². The van der Waals surface area contributed by atoms with E-state index in [9.17, 15) is 13.2 Å². The van der Waals surface area contributed by atoms with Gasteiger partial charge in [-0.25, -0.2) is 4.98 Å². The molecule has 0 aromatic carbocycles. The van der Waals surface area contributed by atoms with Gasteiger partial charge in [0.2, 0.25) is 0 Å². The number of alkyl halides is 3. The molecule has 1 heterocycles. The van der Waals surface area contributed by atoms with Gasteiger partial charge in [0.25, 0.3) is 0 Å². The van der Waals surface area contributed by atoms with Gasteiger partial charge in [-0.2, -0.15) is 13.2 Å². The van der Waals surface area contributed by atoms with Gasteiger partial charge in [-0.05, 0) is 31.6 Å². The minimum absolute atomic E-state index is 0.240. The van der Waals surface area contributed by atoms with Crippen molar-refractivity contribution in [1.82, 2.24) is 15.6 Å². The summed E-state index contributed by atoms with van der Waals surface area (Å²) < 4.78 is 43.3. The van der Waals surface area contributed by atoms with Gasteiger partial charge < -0.3 is 15.4 Å². The molecule has 0 spiro atoms. The highest BCUT2D eigenvalue weighted by molar-refractivity contribution is 7.09. The molecule has 0 amide bonds. The Morgan fingerprint density at radius 2 is 2.07 bits per heavy atom. The van der Waals surface area contributed by atoms with Crippen molar-refractivity contribution in [2.75, 3.05) is 33.4 Å². The monoisotopic (exact) mass is 406 g/mol. The van der Waals surface area contributed by atoms with E-state index in [0.717, 1.165) is 42.9 Å². The number of ether oxygens (including phenoxy) is 1. The molecule has 1 fully saturated rings. The third-order valence-electron chi connectivity index (χ3n) is 4.97. The molecule has 1 saturated carbocycles. The number of nitrogens with zero attached hydrogens (tertiary/aromatic N) is 2. The number of thiazole rings is 1. The van der Waals surface area contributed by atoms with E-state index in [-0.39, 0.29) is 5.41 Å². The van der Waals surface area contributed by atoms with Gasteiger partial charge in [-0.15, -0.1) is 11.3 Å². The third-order valence-corrected chi connectivity index (χ3v) is 5.88. The van der Waals surface area contributed by atoms with E-state index in [4.69, 9.17) is 4.74 Å². The van der Waals surface area contributed by atoms with Gasteiger partial charge in [0, 0.05) is 45.2 Å². The number of nitrogens with one attached hydrogen (secondary N) is 2. The van der Waals surface area contributed by atoms with Crippen LogP contribution in [0.5, 0.6) is 0 Å². The first kappa shape index (κ1) is 21.9. The Morgan fingerprint density at radius 1 is 1.33 bits per heavy atom. The molecule has 0 radical (unpaired) electrons. The molecule has 0 bridgehead atoms. The molecule has 0 unspecified atom stereocenters. The van der Waals surface area contributed by atoms with Crippen LogP contribution in [-0.2, 0) is 17.3 Å². The third kappa shape index (κ3) is 6.95. The Bertz CT molecular complexity index is 598. The zero-order valence-corrected chi connectivity index (χ0v) is 16.8. The van der Waals surface area contributed by atoms with Gasteiger partial charge in [-0.3, -0.25) is 4.99 Å². The van der Waals surface area contributed by atoms with Crippen LogP contribution < -0.4 is 10.6 Å². The molecular weight excluding hydrogens is 377 g/mol. The number of guanidine groups is 1. The molecule has 0 aliphatic heterocycles. The van der Waals surface area contributed by atoms with Crippen molar-refractivity contribution in [3.63, 3.8) is 0 Å². The molecular formula is C18H29F3N4OS. The molecule has 1 aromatic rings. The molecule has 1 aliphatic carbocycles. The smallest absolute Gasteiger partial charge is 0.382 e. The summed E-state index contributed by atoms with van der Waals surface area (Å²) in [5.74, 6) is 0.672. The number of hydrogen-bond acceptors (Lipinski definition) is 4. The molecule has 1 aromatic heterocycles. The van der Waals surface area contributed by atoms with Crippen LogP contribution in [0.15, 0.2) is 10.4 Å². The summed E-state index contributed by atoms with van der Waals surface area (Å²) in [6.07, 6.45) is 1.93. The minimum atomic E-state index is -4.38. The summed E-state index contributed by atoms with van der Waals surface area (Å²) in [5, 5.41) is 8.08. The molecule has 0 atom stereocenters. The number of rotatable bonds is 9. The first-order chi connectivity index (χ1) is 12.9. The van der Waals surface area contributed by atoms with E-state index >= 15 is 0 Å². The summed E-state index contributed by atoms with van der Waals surface area (Å²) in [6, 6.07) is 0. The SMILES string of the molecule is CCOCCC1(CNC(=NC)NCCc2nc(C(F)(F)F)cs2)CCCC1. The quantitative estimate of drug-likeness (QED) is 0.371. The lowest BCUT2D eigenvalue weighted by molar-refractivity contribution is -0.140. The van der Waals surface area contributed by atoms with Gasteiger partial charge in [-0.1, -0.05) is 12.8 Å². The van der Waals surface area contributed by atoms with Crippen LogP contribution in [0.3, 0.4) is 0 Å². The van der Waals surface area contributed by atoms with Crippen molar-refractivity contribution in [3.05, 3.63) is 16.1 Å². The van der Waals surface area contributed by atoms with Crippen LogP contribution in [0.25, 0.3) is 0 Å². The van der Waals surface area contributed by atoms with Crippen LogP contribution in [0.2, 0.25) is 0 Å². The van der Waals surface area contributed by atoms with Crippen LogP contribution in [0.4, 0.5) is 13.2 Å². The molecule has 27 heavy (non-hydrogen) atoms. The van der Waals surface area contributed by atoms with Crippen molar-refractivity contribution in [2.45, 2.75) is 51.6 Å². The maximum atomic E-state index is 12.6. The predicted octanol–water partition coefficient (Wildman–Crippen LogP) is 3.86. The Morgan fingerprint density at radius 3 is 2.67 bits per heavy atom. The van der Waals surface area contributed by atoms with E-state index in [1.54, 1.807) is 7.05 Å².